The highest BCUT2D eigenvalue weighted by molar-refractivity contribution is 5.88. The van der Waals surface area contributed by atoms with Gasteiger partial charge in [-0.2, -0.15) is 0 Å². The molecule has 0 amide bonds. The minimum atomic E-state index is -0.411. The van der Waals surface area contributed by atoms with E-state index < -0.39 is 6.04 Å². The molecule has 0 bridgehead atoms. The standard InChI is InChI=1S/C20H22N2O/c1-20(2)11-10-16-17-12-15(23)8-9-18(17)22(19(16)13-20)21-14-6-4-3-5-7-14/h3-9,12,21,23H,10-11,13H2,1-2H3/i3D,4D,5D,6D,7D. The van der Waals surface area contributed by atoms with Crippen LogP contribution < -0.4 is 5.43 Å². The molecule has 3 aromatic rings. The Morgan fingerprint density at radius 2 is 2.00 bits per heavy atom. The van der Waals surface area contributed by atoms with Crippen LogP contribution in [0.1, 0.15) is 38.4 Å². The van der Waals surface area contributed by atoms with Crippen molar-refractivity contribution in [2.75, 3.05) is 5.43 Å². The normalized spacial score (nSPS) is 19.3. The third-order valence-electron chi connectivity index (χ3n) is 4.59. The van der Waals surface area contributed by atoms with Crippen molar-refractivity contribution >= 4 is 16.6 Å². The summed E-state index contributed by atoms with van der Waals surface area (Å²) in [5, 5.41) is 10.9. The Kier molecular flexibility index (Phi) is 2.12. The minimum Gasteiger partial charge on any atom is -0.508 e. The average molecular weight is 311 g/mol. The summed E-state index contributed by atoms with van der Waals surface area (Å²) in [6, 6.07) is 3.43. The maximum Gasteiger partial charge on any atom is 0.116 e. The molecule has 1 aliphatic rings. The Hall–Kier alpha value is -2.42. The van der Waals surface area contributed by atoms with Gasteiger partial charge in [0, 0.05) is 11.1 Å². The van der Waals surface area contributed by atoms with Crippen molar-refractivity contribution in [2.24, 2.45) is 5.41 Å². The fourth-order valence-electron chi connectivity index (χ4n) is 3.41. The van der Waals surface area contributed by atoms with E-state index in [9.17, 15) is 5.11 Å². The van der Waals surface area contributed by atoms with Crippen molar-refractivity contribution in [2.45, 2.75) is 33.1 Å². The van der Waals surface area contributed by atoms with Crippen LogP contribution in [0.2, 0.25) is 0 Å². The number of nitrogens with one attached hydrogen (secondary N) is 1. The molecule has 0 unspecified atom stereocenters. The highest BCUT2D eigenvalue weighted by Gasteiger charge is 2.30. The van der Waals surface area contributed by atoms with Crippen molar-refractivity contribution in [1.29, 1.82) is 0 Å². The van der Waals surface area contributed by atoms with Gasteiger partial charge in [-0.3, -0.25) is 10.1 Å². The molecule has 0 atom stereocenters. The molecule has 2 N–H and O–H groups in total. The number of phenolic OH excluding ortho intramolecular Hbond substituents is 1. The number of para-hydroxylation sites is 1. The summed E-state index contributed by atoms with van der Waals surface area (Å²) in [4.78, 5) is 0. The van der Waals surface area contributed by atoms with Crippen molar-refractivity contribution < 1.29 is 12.0 Å². The molecule has 0 fully saturated rings. The van der Waals surface area contributed by atoms with E-state index in [1.54, 1.807) is 18.2 Å². The number of anilines is 1. The number of aromatic nitrogens is 1. The van der Waals surface area contributed by atoms with Gasteiger partial charge in [0.1, 0.15) is 5.75 Å². The Morgan fingerprint density at radius 1 is 1.22 bits per heavy atom. The van der Waals surface area contributed by atoms with Gasteiger partial charge < -0.3 is 5.11 Å². The van der Waals surface area contributed by atoms with E-state index >= 15 is 0 Å². The molecule has 4 rings (SSSR count). The topological polar surface area (TPSA) is 37.2 Å². The molecule has 0 spiro atoms. The first-order valence-corrected chi connectivity index (χ1v) is 7.80. The number of phenols is 1. The number of nitrogens with zero attached hydrogens (tertiary/aromatic N) is 1. The number of hydrogen-bond donors (Lipinski definition) is 2. The van der Waals surface area contributed by atoms with Crippen LogP contribution in [0.15, 0.2) is 48.4 Å². The number of aryl methyl sites for hydroxylation is 1. The van der Waals surface area contributed by atoms with Gasteiger partial charge >= 0.3 is 0 Å². The van der Waals surface area contributed by atoms with Crippen LogP contribution in [0.4, 0.5) is 5.69 Å². The van der Waals surface area contributed by atoms with Crippen LogP contribution in [-0.4, -0.2) is 9.78 Å². The zero-order valence-corrected chi connectivity index (χ0v) is 13.2. The second-order valence-electron chi connectivity index (χ2n) is 6.91. The van der Waals surface area contributed by atoms with Gasteiger partial charge in [-0.05, 0) is 60.5 Å². The Balaban J connectivity index is 1.96. The fraction of sp³-hybridized carbons (Fsp3) is 0.300. The van der Waals surface area contributed by atoms with Gasteiger partial charge in [-0.15, -0.1) is 0 Å². The lowest BCUT2D eigenvalue weighted by Gasteiger charge is -2.31. The highest BCUT2D eigenvalue weighted by atomic mass is 16.3. The smallest absolute Gasteiger partial charge is 0.116 e. The van der Waals surface area contributed by atoms with Crippen LogP contribution >= 0.6 is 0 Å². The van der Waals surface area contributed by atoms with Gasteiger partial charge in [0.25, 0.3) is 0 Å². The quantitative estimate of drug-likeness (QED) is 0.717. The van der Waals surface area contributed by atoms with Crippen molar-refractivity contribution in [3.05, 3.63) is 59.7 Å². The summed E-state index contributed by atoms with van der Waals surface area (Å²) in [6.07, 6.45) is 2.66. The largest absolute Gasteiger partial charge is 0.508 e. The molecular weight excluding hydrogens is 284 g/mol. The van der Waals surface area contributed by atoms with E-state index in [0.717, 1.165) is 41.4 Å². The van der Waals surface area contributed by atoms with E-state index in [-0.39, 0.29) is 41.0 Å². The zero-order valence-electron chi connectivity index (χ0n) is 18.2. The van der Waals surface area contributed by atoms with Gasteiger partial charge in [-0.1, -0.05) is 32.0 Å². The molecule has 1 aromatic heterocycles. The number of benzene rings is 2. The van der Waals surface area contributed by atoms with Crippen molar-refractivity contribution in [3.63, 3.8) is 0 Å². The summed E-state index contributed by atoms with van der Waals surface area (Å²) in [7, 11) is 0. The molecule has 3 heteroatoms. The Bertz CT molecular complexity index is 1090. The first-order valence-electron chi connectivity index (χ1n) is 10.3. The van der Waals surface area contributed by atoms with E-state index in [2.05, 4.69) is 19.3 Å². The van der Waals surface area contributed by atoms with Gasteiger partial charge in [-0.25, -0.2) is 0 Å². The molecule has 23 heavy (non-hydrogen) atoms. The molecule has 1 heterocycles. The lowest BCUT2D eigenvalue weighted by molar-refractivity contribution is 0.309. The van der Waals surface area contributed by atoms with Crippen LogP contribution in [-0.2, 0) is 12.8 Å². The summed E-state index contributed by atoms with van der Waals surface area (Å²) >= 11 is 0. The van der Waals surface area contributed by atoms with Crippen LogP contribution in [0, 0.1) is 5.41 Å². The second kappa shape index (κ2) is 5.05. The predicted molar refractivity (Wildman–Crippen MR) is 94.9 cm³/mol. The molecule has 3 nitrogen and oxygen atoms in total. The maximum atomic E-state index is 9.96. The van der Waals surface area contributed by atoms with Crippen LogP contribution in [0.3, 0.4) is 0 Å². The predicted octanol–water partition coefficient (Wildman–Crippen LogP) is 4.74. The molecule has 118 valence electrons. The fourth-order valence-corrected chi connectivity index (χ4v) is 3.41. The minimum absolute atomic E-state index is 0.0437. The number of hydrogen-bond acceptors (Lipinski definition) is 2. The number of rotatable bonds is 2. The number of aromatic hydroxyl groups is 1. The molecule has 0 saturated carbocycles. The maximum absolute atomic E-state index is 9.96. The molecule has 1 aliphatic carbocycles. The zero-order chi connectivity index (χ0) is 20.4. The lowest BCUT2D eigenvalue weighted by atomic mass is 9.76. The first kappa shape index (κ1) is 9.66. The van der Waals surface area contributed by atoms with E-state index in [4.69, 9.17) is 6.85 Å². The van der Waals surface area contributed by atoms with E-state index in [1.165, 1.54) is 0 Å². The Morgan fingerprint density at radius 3 is 2.78 bits per heavy atom. The van der Waals surface area contributed by atoms with Crippen molar-refractivity contribution in [1.82, 2.24) is 4.68 Å². The lowest BCUT2D eigenvalue weighted by Crippen LogP contribution is -2.25. The monoisotopic (exact) mass is 311 g/mol. The Labute approximate surface area is 143 Å². The third kappa shape index (κ3) is 2.46. The van der Waals surface area contributed by atoms with Gasteiger partial charge in [0.15, 0.2) is 0 Å². The summed E-state index contributed by atoms with van der Waals surface area (Å²) < 4.78 is 41.9. The number of fused-ring (bicyclic) bond motifs is 3. The summed E-state index contributed by atoms with van der Waals surface area (Å²) in [5.74, 6) is 0.181. The second-order valence-corrected chi connectivity index (χ2v) is 6.91. The first-order chi connectivity index (χ1) is 13.1. The van der Waals surface area contributed by atoms with Crippen LogP contribution in [0.25, 0.3) is 10.9 Å². The van der Waals surface area contributed by atoms with E-state index in [0.29, 0.717) is 0 Å². The summed E-state index contributed by atoms with van der Waals surface area (Å²) in [6.45, 7) is 4.39. The molecule has 2 aromatic carbocycles. The average Bonchev–Trinajstić information content (AvgIpc) is 2.92. The third-order valence-corrected chi connectivity index (χ3v) is 4.59. The molecular formula is C20H22N2O. The van der Waals surface area contributed by atoms with Gasteiger partial charge in [0.2, 0.25) is 0 Å². The highest BCUT2D eigenvalue weighted by Crippen LogP contribution is 2.40. The van der Waals surface area contributed by atoms with Crippen LogP contribution in [0.5, 0.6) is 5.75 Å². The SMILES string of the molecule is [2H]c1c([2H])c([2H])c(Nn2c3c(c4cc(O)ccc42)CCC(C)(C)C3)c([2H])c1[2H]. The molecule has 0 saturated heterocycles. The van der Waals surface area contributed by atoms with E-state index in [1.807, 2.05) is 4.68 Å². The molecule has 0 aliphatic heterocycles. The van der Waals surface area contributed by atoms with Gasteiger partial charge in [0.05, 0.1) is 18.1 Å². The van der Waals surface area contributed by atoms with Crippen molar-refractivity contribution in [3.8, 4) is 5.75 Å². The summed E-state index contributed by atoms with van der Waals surface area (Å²) in [5.41, 5.74) is 6.18. The molecule has 0 radical (unpaired) electrons.